The highest BCUT2D eigenvalue weighted by Gasteiger charge is 1.51. The predicted octanol–water partition coefficient (Wildman–Crippen LogP) is 3.91. The van der Waals surface area contributed by atoms with Gasteiger partial charge >= 0.3 is 0 Å². The molecule has 0 spiro atoms. The van der Waals surface area contributed by atoms with Gasteiger partial charge in [0.05, 0.1) is 0 Å². The van der Waals surface area contributed by atoms with Crippen LogP contribution in [0.4, 0.5) is 0 Å². The zero-order valence-electron chi connectivity index (χ0n) is 6.78. The first-order valence-corrected chi connectivity index (χ1v) is 3.12. The monoisotopic (exact) mass is 158 g/mol. The molecule has 0 nitrogen and oxygen atoms in total. The highest BCUT2D eigenvalue weighted by atomic mass is 35.5. The van der Waals surface area contributed by atoms with Crippen LogP contribution >= 0.6 is 11.6 Å². The molecule has 0 heterocycles. The molecule has 0 aromatic rings. The molecule has 0 bridgehead atoms. The van der Waals surface area contributed by atoms with Gasteiger partial charge in [-0.15, -0.1) is 12.3 Å². The van der Waals surface area contributed by atoms with Crippen LogP contribution in [0.1, 0.15) is 13.8 Å². The van der Waals surface area contributed by atoms with Gasteiger partial charge in [-0.3, -0.25) is 0 Å². The second-order valence-corrected chi connectivity index (χ2v) is 1.92. The van der Waals surface area contributed by atoms with Gasteiger partial charge in [-0.1, -0.05) is 36.9 Å². The van der Waals surface area contributed by atoms with Gasteiger partial charge in [0.25, 0.3) is 0 Å². The summed E-state index contributed by atoms with van der Waals surface area (Å²) in [5.74, 6) is 0. The summed E-state index contributed by atoms with van der Waals surface area (Å²) < 4.78 is 0. The lowest BCUT2D eigenvalue weighted by Crippen LogP contribution is -1.43. The van der Waals surface area contributed by atoms with Crippen molar-refractivity contribution in [2.75, 3.05) is 0 Å². The normalized spacial score (nSPS) is 4.70. The zero-order chi connectivity index (χ0) is 8.99. The summed E-state index contributed by atoms with van der Waals surface area (Å²) in [6.07, 6.45) is 0. The average Bonchev–Trinajstić information content (AvgIpc) is 1.65. The van der Waals surface area contributed by atoms with E-state index in [0.717, 1.165) is 0 Å². The fourth-order valence-corrected chi connectivity index (χ4v) is 0. The van der Waals surface area contributed by atoms with Gasteiger partial charge in [0, 0.05) is 0 Å². The van der Waals surface area contributed by atoms with Crippen LogP contribution in [0.25, 0.3) is 0 Å². The van der Waals surface area contributed by atoms with Crippen LogP contribution in [0.2, 0.25) is 0 Å². The molecule has 0 saturated heterocycles. The molecule has 0 N–H and O–H groups in total. The summed E-state index contributed by atoms with van der Waals surface area (Å²) in [5, 5.41) is 0. The third kappa shape index (κ3) is 572. The minimum absolute atomic E-state index is 1.17. The highest BCUT2D eigenvalue weighted by Crippen LogP contribution is 1.73. The topological polar surface area (TPSA) is 0 Å². The van der Waals surface area contributed by atoms with Crippen molar-refractivity contribution < 1.29 is 0 Å². The molecule has 0 unspecified atom stereocenters. The van der Waals surface area contributed by atoms with Gasteiger partial charge in [-0.25, -0.2) is 0 Å². The van der Waals surface area contributed by atoms with Crippen LogP contribution < -0.4 is 0 Å². The zero-order valence-corrected chi connectivity index (χ0v) is 7.54. The Hall–Kier alpha value is -0.710. The van der Waals surface area contributed by atoms with E-state index in [4.69, 9.17) is 11.6 Å². The predicted molar refractivity (Wildman–Crippen MR) is 51.3 cm³/mol. The Balaban J connectivity index is -0.0000000750. The molecular weight excluding hydrogens is 144 g/mol. The van der Waals surface area contributed by atoms with Crippen molar-refractivity contribution in [1.29, 1.82) is 0 Å². The summed E-state index contributed by atoms with van der Waals surface area (Å²) in [5.41, 5.74) is 4.64. The van der Waals surface area contributed by atoms with Gasteiger partial charge in [0.15, 0.2) is 0 Å². The Morgan fingerprint density at radius 1 is 1.40 bits per heavy atom. The molecule has 0 amide bonds. The van der Waals surface area contributed by atoms with Crippen molar-refractivity contribution >= 4 is 11.6 Å². The van der Waals surface area contributed by atoms with Gasteiger partial charge in [-0.05, 0) is 19.4 Å². The molecule has 0 fully saturated rings. The Morgan fingerprint density at radius 3 is 1.40 bits per heavy atom. The van der Waals surface area contributed by atoms with Crippen LogP contribution in [-0.2, 0) is 0 Å². The summed E-state index contributed by atoms with van der Waals surface area (Å²) >= 11 is 4.76. The van der Waals surface area contributed by atoms with Crippen molar-refractivity contribution in [2.45, 2.75) is 13.8 Å². The number of hydrogen-bond donors (Lipinski definition) is 0. The van der Waals surface area contributed by atoms with E-state index >= 15 is 0 Å². The van der Waals surface area contributed by atoms with E-state index in [1.165, 1.54) is 11.1 Å². The first-order chi connectivity index (χ1) is 4.56. The van der Waals surface area contributed by atoms with Gasteiger partial charge in [0.2, 0.25) is 0 Å². The average molecular weight is 159 g/mol. The lowest BCUT2D eigenvalue weighted by Gasteiger charge is -1.65. The standard InChI is InChI=1S/C4H8.C3H4.C2H3Cl/c1-4(2)3;1-3-2;1-2-3/h1H2,2-3H3;1-2H2;2H,1H2. The summed E-state index contributed by atoms with van der Waals surface area (Å²) in [6.45, 7) is 16.9. The van der Waals surface area contributed by atoms with Gasteiger partial charge in [-0.2, -0.15) is 0 Å². The molecule has 10 heavy (non-hydrogen) atoms. The molecule has 58 valence electrons. The Morgan fingerprint density at radius 2 is 1.40 bits per heavy atom. The van der Waals surface area contributed by atoms with E-state index in [-0.39, 0.29) is 0 Å². The van der Waals surface area contributed by atoms with Crippen LogP contribution in [0.15, 0.2) is 43.2 Å². The minimum atomic E-state index is 1.17. The maximum Gasteiger partial charge on any atom is -0.00296 e. The van der Waals surface area contributed by atoms with Gasteiger partial charge < -0.3 is 0 Å². The van der Waals surface area contributed by atoms with E-state index in [0.29, 0.717) is 0 Å². The molecule has 0 atom stereocenters. The van der Waals surface area contributed by atoms with E-state index in [1.54, 1.807) is 0 Å². The maximum absolute atomic E-state index is 4.76. The van der Waals surface area contributed by atoms with Crippen LogP contribution in [0.3, 0.4) is 0 Å². The van der Waals surface area contributed by atoms with Crippen LogP contribution in [-0.4, -0.2) is 0 Å². The molecule has 0 aliphatic carbocycles. The third-order valence-electron chi connectivity index (χ3n) is 0. The third-order valence-corrected chi connectivity index (χ3v) is 0. The minimum Gasteiger partial charge on any atom is -0.137 e. The summed E-state index contributed by atoms with van der Waals surface area (Å²) in [6, 6.07) is 0. The highest BCUT2D eigenvalue weighted by molar-refractivity contribution is 6.25. The van der Waals surface area contributed by atoms with Crippen molar-refractivity contribution in [3.05, 3.63) is 43.2 Å². The largest absolute Gasteiger partial charge is 0.137 e. The molecule has 0 aromatic carbocycles. The van der Waals surface area contributed by atoms with E-state index < -0.39 is 0 Å². The first-order valence-electron chi connectivity index (χ1n) is 2.69. The SMILES string of the molecule is C=C(C)C.C=C=C.C=CCl. The molecule has 0 saturated carbocycles. The first kappa shape index (κ1) is 16.1. The Labute approximate surface area is 69.2 Å². The Kier molecular flexibility index (Phi) is 38.6. The van der Waals surface area contributed by atoms with E-state index in [9.17, 15) is 0 Å². The molecule has 0 aromatic heterocycles. The smallest absolute Gasteiger partial charge is 0.00296 e. The number of halogens is 1. The molecule has 0 aliphatic heterocycles. The number of rotatable bonds is 0. The molecular formula is C9H15Cl. The molecule has 1 heteroatoms. The van der Waals surface area contributed by atoms with Gasteiger partial charge in [0.1, 0.15) is 0 Å². The maximum atomic E-state index is 4.76. The number of allylic oxidation sites excluding steroid dienone is 1. The second-order valence-electron chi connectivity index (χ2n) is 1.61. The van der Waals surface area contributed by atoms with Crippen LogP contribution in [0, 0.1) is 0 Å². The lowest BCUT2D eigenvalue weighted by atomic mass is 10.4. The van der Waals surface area contributed by atoms with Crippen molar-refractivity contribution in [2.24, 2.45) is 0 Å². The second kappa shape index (κ2) is 23.9. The summed E-state index contributed by atoms with van der Waals surface area (Å²) in [4.78, 5) is 0. The van der Waals surface area contributed by atoms with Crippen molar-refractivity contribution in [3.63, 3.8) is 0 Å². The van der Waals surface area contributed by atoms with Crippen LogP contribution in [0.5, 0.6) is 0 Å². The molecule has 0 aliphatic rings. The number of hydrogen-bond acceptors (Lipinski definition) is 0. The summed E-state index contributed by atoms with van der Waals surface area (Å²) in [7, 11) is 0. The molecule has 0 radical (unpaired) electrons. The quantitative estimate of drug-likeness (QED) is 0.371. The van der Waals surface area contributed by atoms with E-state index in [2.05, 4.69) is 32.0 Å². The fourth-order valence-electron chi connectivity index (χ4n) is 0. The van der Waals surface area contributed by atoms with E-state index in [1.807, 2.05) is 13.8 Å². The molecule has 0 rings (SSSR count). The fraction of sp³-hybridized carbons (Fsp3) is 0.222. The van der Waals surface area contributed by atoms with Crippen molar-refractivity contribution in [1.82, 2.24) is 0 Å². The van der Waals surface area contributed by atoms with Crippen molar-refractivity contribution in [3.8, 4) is 0 Å². The Bertz CT molecular complexity index is 102. The lowest BCUT2D eigenvalue weighted by molar-refractivity contribution is 1.42.